The van der Waals surface area contributed by atoms with Crippen LogP contribution in [0, 0.1) is 6.92 Å². The van der Waals surface area contributed by atoms with Crippen LogP contribution in [0.5, 0.6) is 11.5 Å². The second-order valence-corrected chi connectivity index (χ2v) is 4.88. The van der Waals surface area contributed by atoms with Gasteiger partial charge >= 0.3 is 0 Å². The Morgan fingerprint density at radius 2 is 1.85 bits per heavy atom. The van der Waals surface area contributed by atoms with Gasteiger partial charge in [-0.1, -0.05) is 36.5 Å². The number of benzene rings is 2. The van der Waals surface area contributed by atoms with Crippen LogP contribution >= 0.6 is 12.2 Å². The Kier molecular flexibility index (Phi) is 4.58. The molecule has 0 bridgehead atoms. The smallest absolute Gasteiger partial charge is 0.161 e. The number of hydrogen-bond donors (Lipinski definition) is 1. The van der Waals surface area contributed by atoms with Crippen molar-refractivity contribution in [2.24, 2.45) is 5.73 Å². The van der Waals surface area contributed by atoms with E-state index in [1.165, 1.54) is 0 Å². The number of nitrogens with two attached hydrogens (primary N) is 1. The van der Waals surface area contributed by atoms with Gasteiger partial charge in [-0.25, -0.2) is 0 Å². The third-order valence-electron chi connectivity index (χ3n) is 3.08. The lowest BCUT2D eigenvalue weighted by Gasteiger charge is -2.12. The highest BCUT2D eigenvalue weighted by Gasteiger charge is 2.06. The van der Waals surface area contributed by atoms with Crippen LogP contribution in [-0.2, 0) is 6.61 Å². The summed E-state index contributed by atoms with van der Waals surface area (Å²) in [6.07, 6.45) is 0. The fraction of sp³-hybridized carbons (Fsp3) is 0.188. The Morgan fingerprint density at radius 1 is 1.15 bits per heavy atom. The van der Waals surface area contributed by atoms with Crippen molar-refractivity contribution in [1.29, 1.82) is 0 Å². The summed E-state index contributed by atoms with van der Waals surface area (Å²) in [5.74, 6) is 1.46. The average molecular weight is 287 g/mol. The molecule has 0 unspecified atom stereocenters. The monoisotopic (exact) mass is 287 g/mol. The molecular formula is C16H17NO2S. The van der Waals surface area contributed by atoms with Crippen molar-refractivity contribution in [3.63, 3.8) is 0 Å². The molecule has 2 N–H and O–H groups in total. The molecule has 0 aliphatic carbocycles. The Labute approximate surface area is 124 Å². The first-order valence-corrected chi connectivity index (χ1v) is 6.68. The molecule has 0 atom stereocenters. The highest BCUT2D eigenvalue weighted by atomic mass is 32.1. The molecule has 0 amide bonds. The van der Waals surface area contributed by atoms with Crippen molar-refractivity contribution in [1.82, 2.24) is 0 Å². The second-order valence-electron chi connectivity index (χ2n) is 4.45. The summed E-state index contributed by atoms with van der Waals surface area (Å²) >= 11 is 4.97. The van der Waals surface area contributed by atoms with Gasteiger partial charge in [-0.15, -0.1) is 0 Å². The maximum atomic E-state index is 5.81. The molecule has 4 heteroatoms. The van der Waals surface area contributed by atoms with Gasteiger partial charge in [0.25, 0.3) is 0 Å². The van der Waals surface area contributed by atoms with E-state index in [-0.39, 0.29) is 0 Å². The minimum absolute atomic E-state index is 0.408. The highest BCUT2D eigenvalue weighted by Crippen LogP contribution is 2.27. The Hall–Kier alpha value is -2.07. The molecule has 0 saturated carbocycles. The Morgan fingerprint density at radius 3 is 2.45 bits per heavy atom. The third-order valence-corrected chi connectivity index (χ3v) is 3.32. The van der Waals surface area contributed by atoms with Crippen LogP contribution in [0.1, 0.15) is 16.7 Å². The van der Waals surface area contributed by atoms with E-state index in [0.717, 1.165) is 28.2 Å². The summed E-state index contributed by atoms with van der Waals surface area (Å²) < 4.78 is 11.1. The van der Waals surface area contributed by atoms with E-state index >= 15 is 0 Å². The minimum atomic E-state index is 0.408. The number of thiocarbonyl (C=S) groups is 1. The van der Waals surface area contributed by atoms with E-state index in [1.54, 1.807) is 7.11 Å². The van der Waals surface area contributed by atoms with Crippen LogP contribution in [-0.4, -0.2) is 12.1 Å². The molecule has 20 heavy (non-hydrogen) atoms. The van der Waals surface area contributed by atoms with Crippen molar-refractivity contribution >= 4 is 17.2 Å². The van der Waals surface area contributed by atoms with E-state index in [1.807, 2.05) is 49.4 Å². The molecule has 3 nitrogen and oxygen atoms in total. The van der Waals surface area contributed by atoms with Gasteiger partial charge in [0.1, 0.15) is 11.6 Å². The molecule has 0 aliphatic rings. The topological polar surface area (TPSA) is 44.5 Å². The lowest BCUT2D eigenvalue weighted by molar-refractivity contribution is 0.284. The predicted octanol–water partition coefficient (Wildman–Crippen LogP) is 3.22. The van der Waals surface area contributed by atoms with Crippen LogP contribution in [0.25, 0.3) is 0 Å². The first-order valence-electron chi connectivity index (χ1n) is 6.27. The summed E-state index contributed by atoms with van der Waals surface area (Å²) in [7, 11) is 1.63. The summed E-state index contributed by atoms with van der Waals surface area (Å²) in [5, 5.41) is 0. The van der Waals surface area contributed by atoms with E-state index in [0.29, 0.717) is 11.6 Å². The van der Waals surface area contributed by atoms with Crippen molar-refractivity contribution in [3.8, 4) is 11.5 Å². The van der Waals surface area contributed by atoms with Crippen LogP contribution in [0.4, 0.5) is 0 Å². The lowest BCUT2D eigenvalue weighted by atomic mass is 10.1. The molecule has 0 radical (unpaired) electrons. The van der Waals surface area contributed by atoms with Crippen LogP contribution in [0.15, 0.2) is 42.5 Å². The number of methoxy groups -OCH3 is 1. The number of aryl methyl sites for hydroxylation is 1. The zero-order valence-corrected chi connectivity index (χ0v) is 12.4. The van der Waals surface area contributed by atoms with Gasteiger partial charge in [0, 0.05) is 5.56 Å². The minimum Gasteiger partial charge on any atom is -0.493 e. The zero-order chi connectivity index (χ0) is 14.5. The van der Waals surface area contributed by atoms with Crippen molar-refractivity contribution in [3.05, 3.63) is 59.2 Å². The van der Waals surface area contributed by atoms with Gasteiger partial charge in [0.2, 0.25) is 0 Å². The summed E-state index contributed by atoms with van der Waals surface area (Å²) in [6.45, 7) is 2.49. The SMILES string of the molecule is COc1ccccc1OCc1ccc(C(N)=S)cc1C. The van der Waals surface area contributed by atoms with Crippen LogP contribution in [0.2, 0.25) is 0 Å². The van der Waals surface area contributed by atoms with Gasteiger partial charge in [0.15, 0.2) is 11.5 Å². The average Bonchev–Trinajstić information content (AvgIpc) is 2.46. The highest BCUT2D eigenvalue weighted by molar-refractivity contribution is 7.80. The summed E-state index contributed by atoms with van der Waals surface area (Å²) in [4.78, 5) is 0.408. The maximum Gasteiger partial charge on any atom is 0.161 e. The second kappa shape index (κ2) is 6.39. The number of hydrogen-bond acceptors (Lipinski definition) is 3. The summed E-state index contributed by atoms with van der Waals surface area (Å²) in [5.41, 5.74) is 8.69. The quantitative estimate of drug-likeness (QED) is 0.858. The maximum absolute atomic E-state index is 5.81. The Bertz CT molecular complexity index is 626. The molecule has 0 heterocycles. The normalized spacial score (nSPS) is 10.1. The molecule has 0 spiro atoms. The van der Waals surface area contributed by atoms with Crippen LogP contribution < -0.4 is 15.2 Å². The number of para-hydroxylation sites is 2. The predicted molar refractivity (Wildman–Crippen MR) is 84.4 cm³/mol. The van der Waals surface area contributed by atoms with Crippen LogP contribution in [0.3, 0.4) is 0 Å². The van der Waals surface area contributed by atoms with E-state index in [9.17, 15) is 0 Å². The van der Waals surface area contributed by atoms with Gasteiger partial charge < -0.3 is 15.2 Å². The summed E-state index contributed by atoms with van der Waals surface area (Å²) in [6, 6.07) is 13.5. The first-order chi connectivity index (χ1) is 9.61. The zero-order valence-electron chi connectivity index (χ0n) is 11.6. The fourth-order valence-electron chi connectivity index (χ4n) is 1.90. The van der Waals surface area contributed by atoms with Gasteiger partial charge in [0.05, 0.1) is 7.11 Å². The van der Waals surface area contributed by atoms with E-state index in [4.69, 9.17) is 27.4 Å². The van der Waals surface area contributed by atoms with E-state index < -0.39 is 0 Å². The standard InChI is InChI=1S/C16H17NO2S/c1-11-9-12(16(17)20)7-8-13(11)10-19-15-6-4-3-5-14(15)18-2/h3-9H,10H2,1-2H3,(H2,17,20). The molecule has 0 saturated heterocycles. The molecule has 2 rings (SSSR count). The van der Waals surface area contributed by atoms with Crippen molar-refractivity contribution < 1.29 is 9.47 Å². The number of ether oxygens (including phenoxy) is 2. The molecule has 2 aromatic carbocycles. The lowest BCUT2D eigenvalue weighted by Crippen LogP contribution is -2.10. The largest absolute Gasteiger partial charge is 0.493 e. The molecule has 0 aliphatic heterocycles. The van der Waals surface area contributed by atoms with Crippen molar-refractivity contribution in [2.75, 3.05) is 7.11 Å². The molecule has 104 valence electrons. The first kappa shape index (κ1) is 14.3. The third kappa shape index (κ3) is 3.27. The molecule has 0 fully saturated rings. The van der Waals surface area contributed by atoms with Gasteiger partial charge in [-0.2, -0.15) is 0 Å². The molecule has 0 aromatic heterocycles. The molecule has 2 aromatic rings. The van der Waals surface area contributed by atoms with Gasteiger partial charge in [-0.05, 0) is 36.2 Å². The molecular weight excluding hydrogens is 270 g/mol. The van der Waals surface area contributed by atoms with Gasteiger partial charge in [-0.3, -0.25) is 0 Å². The Balaban J connectivity index is 2.13. The number of rotatable bonds is 5. The van der Waals surface area contributed by atoms with E-state index in [2.05, 4.69) is 0 Å². The fourth-order valence-corrected chi connectivity index (χ4v) is 2.03. The van der Waals surface area contributed by atoms with Crippen molar-refractivity contribution in [2.45, 2.75) is 13.5 Å².